The molecule has 6 heteroatoms. The number of hydrogen-bond donors (Lipinski definition) is 0. The van der Waals surface area contributed by atoms with E-state index in [9.17, 15) is 8.78 Å². The lowest BCUT2D eigenvalue weighted by Crippen LogP contribution is -2.32. The van der Waals surface area contributed by atoms with E-state index in [0.29, 0.717) is 17.9 Å². The molecule has 0 saturated heterocycles. The van der Waals surface area contributed by atoms with Gasteiger partial charge in [0.2, 0.25) is 0 Å². The fourth-order valence-electron chi connectivity index (χ4n) is 2.81. The average molecular weight is 316 g/mol. The van der Waals surface area contributed by atoms with Crippen LogP contribution in [0.4, 0.5) is 8.78 Å². The van der Waals surface area contributed by atoms with Crippen LogP contribution in [0.1, 0.15) is 19.7 Å². The number of rotatable bonds is 5. The molecule has 0 fully saturated rings. The monoisotopic (exact) mass is 315 g/mol. The van der Waals surface area contributed by atoms with Gasteiger partial charge < -0.3 is 9.47 Å². The molecule has 0 atom stereocenters. The van der Waals surface area contributed by atoms with Gasteiger partial charge in [-0.05, 0) is 31.6 Å². The van der Waals surface area contributed by atoms with E-state index in [1.54, 1.807) is 4.57 Å². The zero-order chi connectivity index (χ0) is 15.8. The van der Waals surface area contributed by atoms with Crippen LogP contribution in [0.3, 0.4) is 0 Å². The first-order valence-corrected chi connectivity index (χ1v) is 7.32. The van der Waals surface area contributed by atoms with Gasteiger partial charge in [0.15, 0.2) is 11.6 Å². The fourth-order valence-corrected chi connectivity index (χ4v) is 3.02. The van der Waals surface area contributed by atoms with E-state index in [4.69, 9.17) is 11.6 Å². The van der Waals surface area contributed by atoms with Crippen LogP contribution in [-0.4, -0.2) is 35.1 Å². The van der Waals surface area contributed by atoms with Gasteiger partial charge in [-0.15, -0.1) is 11.6 Å². The number of alkyl halides is 1. The molecule has 0 bridgehead atoms. The maximum Gasteiger partial charge on any atom is 0.184 e. The highest BCUT2D eigenvalue weighted by molar-refractivity contribution is 6.16. The second kappa shape index (κ2) is 5.89. The number of benzene rings is 1. The molecule has 2 rings (SSSR count). The van der Waals surface area contributed by atoms with Crippen LogP contribution < -0.4 is 0 Å². The standard InChI is InChI=1S/C15H20ClF2N3/c1-15(2,8-20(3)4)9-21-12(7-16)19-11-6-5-10(17)13(18)14(11)21/h5-6H,7-9H2,1-4H3. The normalized spacial score (nSPS) is 12.6. The molecule has 0 radical (unpaired) electrons. The molecule has 0 aliphatic heterocycles. The van der Waals surface area contributed by atoms with Crippen LogP contribution in [-0.2, 0) is 12.4 Å². The second-order valence-corrected chi connectivity index (χ2v) is 6.65. The molecule has 0 unspecified atom stereocenters. The summed E-state index contributed by atoms with van der Waals surface area (Å²) >= 11 is 5.92. The van der Waals surface area contributed by atoms with Crippen LogP contribution in [0.5, 0.6) is 0 Å². The van der Waals surface area contributed by atoms with Crippen molar-refractivity contribution in [3.63, 3.8) is 0 Å². The minimum atomic E-state index is -0.866. The van der Waals surface area contributed by atoms with E-state index >= 15 is 0 Å². The Bertz CT molecular complexity index is 650. The van der Waals surface area contributed by atoms with Crippen molar-refractivity contribution in [3.8, 4) is 0 Å². The molecule has 0 aliphatic carbocycles. The van der Waals surface area contributed by atoms with Crippen LogP contribution in [0.2, 0.25) is 0 Å². The van der Waals surface area contributed by atoms with Crippen molar-refractivity contribution in [2.45, 2.75) is 26.3 Å². The summed E-state index contributed by atoms with van der Waals surface area (Å²) in [6.45, 7) is 5.48. The van der Waals surface area contributed by atoms with E-state index in [-0.39, 0.29) is 16.8 Å². The molecule has 1 aromatic heterocycles. The van der Waals surface area contributed by atoms with Gasteiger partial charge in [0, 0.05) is 13.1 Å². The molecular weight excluding hydrogens is 296 g/mol. The molecule has 0 spiro atoms. The van der Waals surface area contributed by atoms with Gasteiger partial charge in [-0.1, -0.05) is 13.8 Å². The summed E-state index contributed by atoms with van der Waals surface area (Å²) in [7, 11) is 3.97. The average Bonchev–Trinajstić information content (AvgIpc) is 2.70. The molecule has 0 N–H and O–H groups in total. The third kappa shape index (κ3) is 3.35. The SMILES string of the molecule is CN(C)CC(C)(C)Cn1c(CCl)nc2ccc(F)c(F)c21. The van der Waals surface area contributed by atoms with Gasteiger partial charge in [-0.2, -0.15) is 0 Å². The van der Waals surface area contributed by atoms with Crippen molar-refractivity contribution in [1.29, 1.82) is 0 Å². The summed E-state index contributed by atoms with van der Waals surface area (Å²) in [6.07, 6.45) is 0. The molecule has 0 aliphatic rings. The summed E-state index contributed by atoms with van der Waals surface area (Å²) in [5.41, 5.74) is 0.499. The summed E-state index contributed by atoms with van der Waals surface area (Å²) < 4.78 is 29.4. The number of halogens is 3. The zero-order valence-electron chi connectivity index (χ0n) is 12.8. The summed E-state index contributed by atoms with van der Waals surface area (Å²) in [5, 5.41) is 0. The Labute approximate surface area is 128 Å². The molecule has 0 amide bonds. The topological polar surface area (TPSA) is 21.1 Å². The molecule has 0 saturated carbocycles. The van der Waals surface area contributed by atoms with Gasteiger partial charge in [-0.25, -0.2) is 13.8 Å². The van der Waals surface area contributed by atoms with E-state index < -0.39 is 11.6 Å². The summed E-state index contributed by atoms with van der Waals surface area (Å²) in [6, 6.07) is 2.58. The van der Waals surface area contributed by atoms with Gasteiger partial charge in [0.05, 0.1) is 11.4 Å². The van der Waals surface area contributed by atoms with Crippen molar-refractivity contribution in [2.24, 2.45) is 5.41 Å². The van der Waals surface area contributed by atoms with Crippen molar-refractivity contribution in [2.75, 3.05) is 20.6 Å². The fraction of sp³-hybridized carbons (Fsp3) is 0.533. The maximum atomic E-state index is 14.2. The molecule has 116 valence electrons. The van der Waals surface area contributed by atoms with Crippen molar-refractivity contribution < 1.29 is 8.78 Å². The first-order chi connectivity index (χ1) is 9.75. The zero-order valence-corrected chi connectivity index (χ0v) is 13.5. The van der Waals surface area contributed by atoms with Gasteiger partial charge in [0.25, 0.3) is 0 Å². The maximum absolute atomic E-state index is 14.2. The third-order valence-electron chi connectivity index (χ3n) is 3.33. The van der Waals surface area contributed by atoms with Crippen LogP contribution in [0.15, 0.2) is 12.1 Å². The highest BCUT2D eigenvalue weighted by Gasteiger charge is 2.24. The largest absolute Gasteiger partial charge is 0.324 e. The Kier molecular flexibility index (Phi) is 4.54. The van der Waals surface area contributed by atoms with Gasteiger partial charge in [-0.3, -0.25) is 0 Å². The lowest BCUT2D eigenvalue weighted by Gasteiger charge is -2.29. The first-order valence-electron chi connectivity index (χ1n) is 6.79. The molecular formula is C15H20ClF2N3. The number of nitrogens with zero attached hydrogens (tertiary/aromatic N) is 3. The quantitative estimate of drug-likeness (QED) is 0.785. The highest BCUT2D eigenvalue weighted by Crippen LogP contribution is 2.27. The molecule has 1 aromatic carbocycles. The minimum absolute atomic E-state index is 0.128. The van der Waals surface area contributed by atoms with Crippen molar-refractivity contribution >= 4 is 22.6 Å². The van der Waals surface area contributed by atoms with Crippen LogP contribution in [0.25, 0.3) is 11.0 Å². The summed E-state index contributed by atoms with van der Waals surface area (Å²) in [4.78, 5) is 6.37. The van der Waals surface area contributed by atoms with Crippen molar-refractivity contribution in [3.05, 3.63) is 29.6 Å². The molecule has 21 heavy (non-hydrogen) atoms. The van der Waals surface area contributed by atoms with Gasteiger partial charge in [0.1, 0.15) is 11.3 Å². The smallest absolute Gasteiger partial charge is 0.184 e. The lowest BCUT2D eigenvalue weighted by atomic mass is 9.92. The van der Waals surface area contributed by atoms with Crippen LogP contribution in [0, 0.1) is 17.0 Å². The highest BCUT2D eigenvalue weighted by atomic mass is 35.5. The number of aromatic nitrogens is 2. The Morgan fingerprint density at radius 2 is 1.95 bits per heavy atom. The Morgan fingerprint density at radius 1 is 1.29 bits per heavy atom. The first kappa shape index (κ1) is 16.2. The van der Waals surface area contributed by atoms with E-state index in [1.807, 2.05) is 14.1 Å². The molecule has 2 aromatic rings. The van der Waals surface area contributed by atoms with E-state index in [2.05, 4.69) is 23.7 Å². The predicted octanol–water partition coefficient (Wildman–Crippen LogP) is 3.64. The van der Waals surface area contributed by atoms with E-state index in [0.717, 1.165) is 12.6 Å². The van der Waals surface area contributed by atoms with E-state index in [1.165, 1.54) is 6.07 Å². The Morgan fingerprint density at radius 3 is 2.52 bits per heavy atom. The Balaban J connectivity index is 2.53. The number of fused-ring (bicyclic) bond motifs is 1. The van der Waals surface area contributed by atoms with Crippen LogP contribution >= 0.6 is 11.6 Å². The summed E-state index contributed by atoms with van der Waals surface area (Å²) in [5.74, 6) is -1.01. The minimum Gasteiger partial charge on any atom is -0.324 e. The number of imidazole rings is 1. The molecule has 3 nitrogen and oxygen atoms in total. The third-order valence-corrected chi connectivity index (χ3v) is 3.57. The van der Waals surface area contributed by atoms with Crippen molar-refractivity contribution in [1.82, 2.24) is 14.5 Å². The van der Waals surface area contributed by atoms with Gasteiger partial charge >= 0.3 is 0 Å². The predicted molar refractivity (Wildman–Crippen MR) is 81.5 cm³/mol. The Hall–Kier alpha value is -1.20. The lowest BCUT2D eigenvalue weighted by molar-refractivity contribution is 0.211. The second-order valence-electron chi connectivity index (χ2n) is 6.38. The number of hydrogen-bond acceptors (Lipinski definition) is 2. The molecule has 1 heterocycles.